The predicted octanol–water partition coefficient (Wildman–Crippen LogP) is 7.10. The summed E-state index contributed by atoms with van der Waals surface area (Å²) in [6.07, 6.45) is 1.49. The number of halogens is 1. The molecule has 0 unspecified atom stereocenters. The lowest BCUT2D eigenvalue weighted by Crippen LogP contribution is -2.18. The number of nitrogens with one attached hydrogen (secondary N) is 2. The molecule has 0 bridgehead atoms. The van der Waals surface area contributed by atoms with Crippen LogP contribution in [0.3, 0.4) is 0 Å². The van der Waals surface area contributed by atoms with Gasteiger partial charge in [0.1, 0.15) is 5.69 Å². The fourth-order valence-corrected chi connectivity index (χ4v) is 4.79. The van der Waals surface area contributed by atoms with Crippen molar-refractivity contribution in [1.29, 1.82) is 0 Å². The number of esters is 1. The number of carbonyl (C=O) groups excluding carboxylic acids is 2. The molecule has 0 aliphatic heterocycles. The predicted molar refractivity (Wildman–Crippen MR) is 158 cm³/mol. The quantitative estimate of drug-likeness (QED) is 0.0976. The van der Waals surface area contributed by atoms with Crippen molar-refractivity contribution in [2.24, 2.45) is 5.10 Å². The Hall–Kier alpha value is -4.88. The summed E-state index contributed by atoms with van der Waals surface area (Å²) >= 11 is 6.11. The lowest BCUT2D eigenvalue weighted by molar-refractivity contribution is 0.0729. The third kappa shape index (κ3) is 5.46. The standard InChI is InChI=1S/C32H26ClN3O4/c1-19-15-20(2)29-24(16-19)28(22-9-5-4-6-10-22)30(35-29)31(37)36-34-18-21-13-14-26(27(17-21)39-3)40-32(38)23-11-7-8-12-25(23)33/h4-18,35H,1-3H3,(H,36,37). The van der Waals surface area contributed by atoms with Crippen LogP contribution >= 0.6 is 11.6 Å². The lowest BCUT2D eigenvalue weighted by Gasteiger charge is -2.10. The maximum Gasteiger partial charge on any atom is 0.345 e. The molecule has 5 rings (SSSR count). The number of hydrazone groups is 1. The second-order valence-corrected chi connectivity index (χ2v) is 9.63. The monoisotopic (exact) mass is 551 g/mol. The number of aromatic amines is 1. The molecule has 1 amide bonds. The van der Waals surface area contributed by atoms with Gasteiger partial charge in [0, 0.05) is 16.5 Å². The van der Waals surface area contributed by atoms with Crippen molar-refractivity contribution < 1.29 is 19.1 Å². The number of methoxy groups -OCH3 is 1. The molecule has 0 radical (unpaired) electrons. The van der Waals surface area contributed by atoms with Crippen LogP contribution in [0.5, 0.6) is 11.5 Å². The van der Waals surface area contributed by atoms with Crippen molar-refractivity contribution in [3.8, 4) is 22.6 Å². The summed E-state index contributed by atoms with van der Waals surface area (Å²) in [5.41, 5.74) is 8.74. The highest BCUT2D eigenvalue weighted by molar-refractivity contribution is 6.33. The molecular weight excluding hydrogens is 526 g/mol. The number of hydrogen-bond donors (Lipinski definition) is 2. The van der Waals surface area contributed by atoms with E-state index in [9.17, 15) is 9.59 Å². The normalized spacial score (nSPS) is 11.1. The van der Waals surface area contributed by atoms with E-state index < -0.39 is 5.97 Å². The van der Waals surface area contributed by atoms with Crippen LogP contribution in [0.15, 0.2) is 90.0 Å². The van der Waals surface area contributed by atoms with Crippen LogP contribution in [-0.4, -0.2) is 30.2 Å². The Morgan fingerprint density at radius 2 is 1.68 bits per heavy atom. The molecule has 7 nitrogen and oxygen atoms in total. The van der Waals surface area contributed by atoms with Gasteiger partial charge in [-0.3, -0.25) is 4.79 Å². The number of ether oxygens (including phenoxy) is 2. The zero-order chi connectivity index (χ0) is 28.2. The average Bonchev–Trinajstić information content (AvgIpc) is 3.34. The van der Waals surface area contributed by atoms with E-state index in [0.29, 0.717) is 22.0 Å². The Morgan fingerprint density at radius 1 is 0.925 bits per heavy atom. The first-order valence-corrected chi connectivity index (χ1v) is 12.9. The number of hydrogen-bond acceptors (Lipinski definition) is 5. The molecule has 0 saturated heterocycles. The van der Waals surface area contributed by atoms with Crippen molar-refractivity contribution in [1.82, 2.24) is 10.4 Å². The third-order valence-corrected chi connectivity index (χ3v) is 6.73. The van der Waals surface area contributed by atoms with E-state index in [0.717, 1.165) is 33.2 Å². The van der Waals surface area contributed by atoms with E-state index in [2.05, 4.69) is 27.6 Å². The van der Waals surface area contributed by atoms with Crippen molar-refractivity contribution in [2.45, 2.75) is 13.8 Å². The fraction of sp³-hybridized carbons (Fsp3) is 0.0938. The van der Waals surface area contributed by atoms with Crippen LogP contribution in [0.1, 0.15) is 37.5 Å². The second kappa shape index (κ2) is 11.5. The summed E-state index contributed by atoms with van der Waals surface area (Å²) in [5, 5.41) is 5.43. The molecule has 0 aliphatic rings. The van der Waals surface area contributed by atoms with Gasteiger partial charge in [0.2, 0.25) is 0 Å². The van der Waals surface area contributed by atoms with Gasteiger partial charge in [0.05, 0.1) is 23.9 Å². The SMILES string of the molecule is COc1cc(C=NNC(=O)c2[nH]c3c(C)cc(C)cc3c2-c2ccccc2)ccc1OC(=O)c1ccccc1Cl. The summed E-state index contributed by atoms with van der Waals surface area (Å²) in [7, 11) is 1.47. The molecular formula is C32H26ClN3O4. The Morgan fingerprint density at radius 3 is 2.42 bits per heavy atom. The highest BCUT2D eigenvalue weighted by Crippen LogP contribution is 2.35. The number of aromatic nitrogens is 1. The topological polar surface area (TPSA) is 92.8 Å². The first kappa shape index (κ1) is 26.7. The zero-order valence-electron chi connectivity index (χ0n) is 22.1. The Kier molecular flexibility index (Phi) is 7.66. The van der Waals surface area contributed by atoms with Gasteiger partial charge in [-0.1, -0.05) is 65.7 Å². The number of fused-ring (bicyclic) bond motifs is 1. The Labute approximate surface area is 236 Å². The molecule has 0 saturated carbocycles. The van der Waals surface area contributed by atoms with Gasteiger partial charge in [-0.15, -0.1) is 0 Å². The molecule has 200 valence electrons. The number of amides is 1. The largest absolute Gasteiger partial charge is 0.493 e. The van der Waals surface area contributed by atoms with Gasteiger partial charge < -0.3 is 14.5 Å². The number of carbonyl (C=O) groups is 2. The molecule has 1 heterocycles. The van der Waals surface area contributed by atoms with Crippen LogP contribution in [0.25, 0.3) is 22.0 Å². The van der Waals surface area contributed by atoms with E-state index in [1.54, 1.807) is 42.5 Å². The summed E-state index contributed by atoms with van der Waals surface area (Å²) < 4.78 is 10.9. The number of aryl methyl sites for hydroxylation is 2. The number of nitrogens with zero attached hydrogens (tertiary/aromatic N) is 1. The molecule has 0 aliphatic carbocycles. The summed E-state index contributed by atoms with van der Waals surface area (Å²) in [4.78, 5) is 29.2. The van der Waals surface area contributed by atoms with E-state index in [1.807, 2.05) is 44.2 Å². The first-order valence-electron chi connectivity index (χ1n) is 12.5. The van der Waals surface area contributed by atoms with E-state index in [-0.39, 0.29) is 17.2 Å². The van der Waals surface area contributed by atoms with Gasteiger partial charge in [0.15, 0.2) is 11.5 Å². The van der Waals surface area contributed by atoms with Crippen molar-refractivity contribution >= 4 is 40.6 Å². The zero-order valence-corrected chi connectivity index (χ0v) is 22.9. The molecule has 0 spiro atoms. The van der Waals surface area contributed by atoms with E-state index in [4.69, 9.17) is 21.1 Å². The molecule has 4 aromatic carbocycles. The molecule has 40 heavy (non-hydrogen) atoms. The van der Waals surface area contributed by atoms with Crippen LogP contribution < -0.4 is 14.9 Å². The average molecular weight is 552 g/mol. The molecule has 0 atom stereocenters. The number of rotatable bonds is 7. The minimum absolute atomic E-state index is 0.227. The maximum absolute atomic E-state index is 13.3. The van der Waals surface area contributed by atoms with Crippen LogP contribution in [0.2, 0.25) is 5.02 Å². The van der Waals surface area contributed by atoms with Gasteiger partial charge in [-0.25, -0.2) is 10.2 Å². The van der Waals surface area contributed by atoms with Crippen LogP contribution in [0, 0.1) is 13.8 Å². The molecule has 5 aromatic rings. The maximum atomic E-state index is 13.3. The smallest absolute Gasteiger partial charge is 0.345 e. The highest BCUT2D eigenvalue weighted by atomic mass is 35.5. The number of H-pyrrole nitrogens is 1. The van der Waals surface area contributed by atoms with Gasteiger partial charge in [-0.05, 0) is 66.9 Å². The summed E-state index contributed by atoms with van der Waals surface area (Å²) in [5.74, 6) is -0.426. The Bertz CT molecular complexity index is 1760. The number of benzene rings is 4. The minimum atomic E-state index is -0.601. The second-order valence-electron chi connectivity index (χ2n) is 9.22. The first-order chi connectivity index (χ1) is 19.4. The van der Waals surface area contributed by atoms with Crippen molar-refractivity contribution in [3.63, 3.8) is 0 Å². The minimum Gasteiger partial charge on any atom is -0.493 e. The fourth-order valence-electron chi connectivity index (χ4n) is 4.58. The van der Waals surface area contributed by atoms with Gasteiger partial charge >= 0.3 is 5.97 Å². The van der Waals surface area contributed by atoms with Crippen LogP contribution in [0.4, 0.5) is 0 Å². The van der Waals surface area contributed by atoms with Gasteiger partial charge in [-0.2, -0.15) is 5.10 Å². The molecule has 0 fully saturated rings. The molecule has 1 aromatic heterocycles. The summed E-state index contributed by atoms with van der Waals surface area (Å²) in [6.45, 7) is 4.05. The summed E-state index contributed by atoms with van der Waals surface area (Å²) in [6, 6.07) is 25.5. The molecule has 8 heteroatoms. The third-order valence-electron chi connectivity index (χ3n) is 6.40. The van der Waals surface area contributed by atoms with Crippen molar-refractivity contribution in [2.75, 3.05) is 7.11 Å². The Balaban J connectivity index is 1.37. The van der Waals surface area contributed by atoms with E-state index in [1.165, 1.54) is 13.3 Å². The van der Waals surface area contributed by atoms with Gasteiger partial charge in [0.25, 0.3) is 5.91 Å². The van der Waals surface area contributed by atoms with Crippen molar-refractivity contribution in [3.05, 3.63) is 118 Å². The lowest BCUT2D eigenvalue weighted by atomic mass is 9.99. The molecule has 2 N–H and O–H groups in total. The van der Waals surface area contributed by atoms with Crippen LogP contribution in [-0.2, 0) is 0 Å². The highest BCUT2D eigenvalue weighted by Gasteiger charge is 2.20. The van der Waals surface area contributed by atoms with E-state index >= 15 is 0 Å².